The first-order valence-corrected chi connectivity index (χ1v) is 6.95. The highest BCUT2D eigenvalue weighted by Gasteiger charge is 2.32. The first-order chi connectivity index (χ1) is 8.99. The topological polar surface area (TPSA) is 49.4 Å². The zero-order valence-electron chi connectivity index (χ0n) is 11.3. The number of rotatable bonds is 3. The molecule has 1 aliphatic heterocycles. The molecule has 1 fully saturated rings. The van der Waals surface area contributed by atoms with Gasteiger partial charge < -0.3 is 10.2 Å². The highest BCUT2D eigenvalue weighted by Crippen LogP contribution is 2.25. The fourth-order valence-electron chi connectivity index (χ4n) is 2.46. The van der Waals surface area contributed by atoms with Crippen LogP contribution in [0.1, 0.15) is 32.6 Å². The Balaban J connectivity index is 1.92. The van der Waals surface area contributed by atoms with Crippen LogP contribution in [0.2, 0.25) is 0 Å². The van der Waals surface area contributed by atoms with Crippen LogP contribution in [0, 0.1) is 0 Å². The van der Waals surface area contributed by atoms with E-state index in [1.165, 1.54) is 10.5 Å². The largest absolute Gasteiger partial charge is 0.350 e. The van der Waals surface area contributed by atoms with E-state index >= 15 is 0 Å². The third-order valence-corrected chi connectivity index (χ3v) is 4.16. The lowest BCUT2D eigenvalue weighted by atomic mass is 9.99. The van der Waals surface area contributed by atoms with Crippen LogP contribution in [0.25, 0.3) is 0 Å². The molecule has 1 saturated heterocycles. The van der Waals surface area contributed by atoms with E-state index in [1.807, 2.05) is 6.08 Å². The number of halogens is 1. The van der Waals surface area contributed by atoms with Crippen molar-refractivity contribution in [3.63, 3.8) is 0 Å². The molecule has 104 valence electrons. The van der Waals surface area contributed by atoms with Gasteiger partial charge in [-0.15, -0.1) is 0 Å². The van der Waals surface area contributed by atoms with Crippen LogP contribution in [-0.2, 0) is 9.59 Å². The van der Waals surface area contributed by atoms with Gasteiger partial charge in [-0.25, -0.2) is 0 Å². The van der Waals surface area contributed by atoms with Gasteiger partial charge in [0.05, 0.1) is 0 Å². The fourth-order valence-corrected chi connectivity index (χ4v) is 2.69. The molecule has 5 heteroatoms. The smallest absolute Gasteiger partial charge is 0.243 e. The van der Waals surface area contributed by atoms with E-state index in [0.29, 0.717) is 19.4 Å². The van der Waals surface area contributed by atoms with E-state index in [1.54, 1.807) is 7.05 Å². The summed E-state index contributed by atoms with van der Waals surface area (Å²) in [6.07, 6.45) is 4.83. The summed E-state index contributed by atoms with van der Waals surface area (Å²) in [5, 5.41) is 3.74. The van der Waals surface area contributed by atoms with Crippen molar-refractivity contribution >= 4 is 23.4 Å². The SMILES string of the molecule is CC1=C(CNC(=O)C2CCC(=O)N2C)C=C(Cl)CC1. The summed E-state index contributed by atoms with van der Waals surface area (Å²) in [7, 11) is 1.68. The Morgan fingerprint density at radius 3 is 2.84 bits per heavy atom. The van der Waals surface area contributed by atoms with Gasteiger partial charge in [0.15, 0.2) is 0 Å². The lowest BCUT2D eigenvalue weighted by Crippen LogP contribution is -2.43. The molecule has 1 aliphatic carbocycles. The number of nitrogens with zero attached hydrogens (tertiary/aromatic N) is 1. The minimum atomic E-state index is -0.323. The maximum Gasteiger partial charge on any atom is 0.243 e. The summed E-state index contributed by atoms with van der Waals surface area (Å²) in [6.45, 7) is 2.55. The predicted molar refractivity (Wildman–Crippen MR) is 74.7 cm³/mol. The van der Waals surface area contributed by atoms with Crippen molar-refractivity contribution in [2.24, 2.45) is 0 Å². The van der Waals surface area contributed by atoms with Crippen molar-refractivity contribution in [3.05, 3.63) is 22.3 Å². The molecule has 0 aromatic rings. The van der Waals surface area contributed by atoms with Crippen LogP contribution >= 0.6 is 11.6 Å². The van der Waals surface area contributed by atoms with Gasteiger partial charge in [0.25, 0.3) is 0 Å². The first-order valence-electron chi connectivity index (χ1n) is 6.57. The number of allylic oxidation sites excluding steroid dienone is 2. The summed E-state index contributed by atoms with van der Waals surface area (Å²) in [4.78, 5) is 25.0. The Bertz CT molecular complexity index is 468. The maximum atomic E-state index is 12.1. The fraction of sp³-hybridized carbons (Fsp3) is 0.571. The summed E-state index contributed by atoms with van der Waals surface area (Å²) in [6, 6.07) is -0.323. The minimum Gasteiger partial charge on any atom is -0.350 e. The van der Waals surface area contributed by atoms with Crippen LogP contribution in [0.5, 0.6) is 0 Å². The van der Waals surface area contributed by atoms with Crippen molar-refractivity contribution in [2.45, 2.75) is 38.6 Å². The lowest BCUT2D eigenvalue weighted by molar-refractivity contribution is -0.133. The number of likely N-dealkylation sites (tertiary alicyclic amines) is 1. The second kappa shape index (κ2) is 5.78. The Labute approximate surface area is 118 Å². The highest BCUT2D eigenvalue weighted by atomic mass is 35.5. The monoisotopic (exact) mass is 282 g/mol. The van der Waals surface area contributed by atoms with Crippen molar-refractivity contribution in [3.8, 4) is 0 Å². The van der Waals surface area contributed by atoms with Gasteiger partial charge in [-0.1, -0.05) is 17.2 Å². The Kier molecular flexibility index (Phi) is 4.30. The molecule has 0 radical (unpaired) electrons. The maximum absolute atomic E-state index is 12.1. The minimum absolute atomic E-state index is 0.0381. The molecule has 0 saturated carbocycles. The van der Waals surface area contributed by atoms with Gasteiger partial charge in [-0.2, -0.15) is 0 Å². The number of amides is 2. The molecule has 2 rings (SSSR count). The Morgan fingerprint density at radius 2 is 2.21 bits per heavy atom. The lowest BCUT2D eigenvalue weighted by Gasteiger charge is -2.20. The van der Waals surface area contributed by atoms with Gasteiger partial charge in [-0.3, -0.25) is 9.59 Å². The highest BCUT2D eigenvalue weighted by molar-refractivity contribution is 6.29. The molecule has 1 N–H and O–H groups in total. The Morgan fingerprint density at radius 1 is 1.47 bits per heavy atom. The quantitative estimate of drug-likeness (QED) is 0.860. The van der Waals surface area contributed by atoms with Gasteiger partial charge in [0.2, 0.25) is 11.8 Å². The van der Waals surface area contributed by atoms with E-state index in [4.69, 9.17) is 11.6 Å². The molecule has 0 aromatic heterocycles. The van der Waals surface area contributed by atoms with Crippen LogP contribution in [0.3, 0.4) is 0 Å². The molecule has 1 atom stereocenters. The zero-order chi connectivity index (χ0) is 14.0. The van der Waals surface area contributed by atoms with E-state index in [0.717, 1.165) is 23.4 Å². The van der Waals surface area contributed by atoms with Gasteiger partial charge in [0, 0.05) is 25.0 Å². The number of hydrogen-bond donors (Lipinski definition) is 1. The van der Waals surface area contributed by atoms with Gasteiger partial charge in [-0.05, 0) is 37.8 Å². The molecular formula is C14H19ClN2O2. The third-order valence-electron chi connectivity index (χ3n) is 3.87. The van der Waals surface area contributed by atoms with Gasteiger partial charge in [0.1, 0.15) is 6.04 Å². The standard InChI is InChI=1S/C14H19ClN2O2/c1-9-3-4-11(15)7-10(9)8-16-14(19)12-5-6-13(18)17(12)2/h7,12H,3-6,8H2,1-2H3,(H,16,19). The molecule has 19 heavy (non-hydrogen) atoms. The number of hydrogen-bond acceptors (Lipinski definition) is 2. The number of carbonyl (C=O) groups excluding carboxylic acids is 2. The molecule has 1 unspecified atom stereocenters. The molecule has 2 amide bonds. The summed E-state index contributed by atoms with van der Waals surface area (Å²) in [5.41, 5.74) is 2.34. The molecule has 0 bridgehead atoms. The Hall–Kier alpha value is -1.29. The molecular weight excluding hydrogens is 264 g/mol. The second-order valence-electron chi connectivity index (χ2n) is 5.17. The number of carbonyl (C=O) groups is 2. The molecule has 4 nitrogen and oxygen atoms in total. The van der Waals surface area contributed by atoms with Crippen LogP contribution in [0.15, 0.2) is 22.3 Å². The van der Waals surface area contributed by atoms with E-state index < -0.39 is 0 Å². The zero-order valence-corrected chi connectivity index (χ0v) is 12.1. The average molecular weight is 283 g/mol. The van der Waals surface area contributed by atoms with Crippen LogP contribution in [-0.4, -0.2) is 36.3 Å². The first kappa shape index (κ1) is 14.1. The molecule has 1 heterocycles. The molecule has 0 spiro atoms. The van der Waals surface area contributed by atoms with E-state index in [2.05, 4.69) is 12.2 Å². The van der Waals surface area contributed by atoms with Crippen molar-refractivity contribution in [2.75, 3.05) is 13.6 Å². The van der Waals surface area contributed by atoms with Crippen molar-refractivity contribution in [1.29, 1.82) is 0 Å². The number of nitrogens with one attached hydrogen (secondary N) is 1. The number of likely N-dealkylation sites (N-methyl/N-ethyl adjacent to an activating group) is 1. The average Bonchev–Trinajstić information content (AvgIpc) is 2.71. The van der Waals surface area contributed by atoms with E-state index in [9.17, 15) is 9.59 Å². The third kappa shape index (κ3) is 3.18. The summed E-state index contributed by atoms with van der Waals surface area (Å²) >= 11 is 6.02. The summed E-state index contributed by atoms with van der Waals surface area (Å²) in [5.74, 6) is -0.0418. The molecule has 0 aromatic carbocycles. The second-order valence-corrected chi connectivity index (χ2v) is 5.66. The van der Waals surface area contributed by atoms with Gasteiger partial charge >= 0.3 is 0 Å². The van der Waals surface area contributed by atoms with Crippen molar-refractivity contribution in [1.82, 2.24) is 10.2 Å². The van der Waals surface area contributed by atoms with Crippen molar-refractivity contribution < 1.29 is 9.59 Å². The predicted octanol–water partition coefficient (Wildman–Crippen LogP) is 1.96. The van der Waals surface area contributed by atoms with Crippen LogP contribution in [0.4, 0.5) is 0 Å². The molecule has 2 aliphatic rings. The normalized spacial score (nSPS) is 23.7. The van der Waals surface area contributed by atoms with E-state index in [-0.39, 0.29) is 17.9 Å². The summed E-state index contributed by atoms with van der Waals surface area (Å²) < 4.78 is 0. The van der Waals surface area contributed by atoms with Crippen LogP contribution < -0.4 is 5.32 Å².